The molecule has 1 aromatic rings. The van der Waals surface area contributed by atoms with Gasteiger partial charge < -0.3 is 4.74 Å². The molecular formula is C13H17BrO. The lowest BCUT2D eigenvalue weighted by atomic mass is 9.97. The smallest absolute Gasteiger partial charge is 0.119 e. The first-order valence-electron chi connectivity index (χ1n) is 5.58. The highest BCUT2D eigenvalue weighted by Gasteiger charge is 2.21. The standard InChI is InChI=1S/C13H17BrO/c1-15-12-6-7-13-10(3-2-8-14)4-5-11(13)9-12/h6-7,9-10H,2-5,8H2,1H3/t10-/m1/s1. The lowest BCUT2D eigenvalue weighted by molar-refractivity contribution is 0.414. The highest BCUT2D eigenvalue weighted by molar-refractivity contribution is 9.09. The summed E-state index contributed by atoms with van der Waals surface area (Å²) in [5.41, 5.74) is 3.05. The molecule has 0 bridgehead atoms. The molecule has 2 rings (SSSR count). The minimum Gasteiger partial charge on any atom is -0.497 e. The van der Waals surface area contributed by atoms with Crippen LogP contribution in [0.15, 0.2) is 18.2 Å². The third-order valence-electron chi connectivity index (χ3n) is 3.24. The number of benzene rings is 1. The molecule has 1 aromatic carbocycles. The van der Waals surface area contributed by atoms with Crippen molar-refractivity contribution in [1.29, 1.82) is 0 Å². The zero-order valence-corrected chi connectivity index (χ0v) is 10.7. The molecule has 82 valence electrons. The molecular weight excluding hydrogens is 252 g/mol. The molecule has 0 aromatic heterocycles. The van der Waals surface area contributed by atoms with Crippen molar-refractivity contribution in [2.75, 3.05) is 12.4 Å². The van der Waals surface area contributed by atoms with E-state index in [2.05, 4.69) is 34.1 Å². The Morgan fingerprint density at radius 2 is 2.33 bits per heavy atom. The maximum Gasteiger partial charge on any atom is 0.119 e. The summed E-state index contributed by atoms with van der Waals surface area (Å²) < 4.78 is 5.25. The maximum atomic E-state index is 5.25. The van der Waals surface area contributed by atoms with E-state index in [-0.39, 0.29) is 0 Å². The lowest BCUT2D eigenvalue weighted by Crippen LogP contribution is -1.94. The van der Waals surface area contributed by atoms with Crippen molar-refractivity contribution in [1.82, 2.24) is 0 Å². The molecule has 0 heterocycles. The first-order valence-corrected chi connectivity index (χ1v) is 6.70. The van der Waals surface area contributed by atoms with Crippen LogP contribution < -0.4 is 4.74 Å². The summed E-state index contributed by atoms with van der Waals surface area (Å²) in [5.74, 6) is 1.78. The molecule has 0 saturated heterocycles. The van der Waals surface area contributed by atoms with Crippen molar-refractivity contribution in [3.63, 3.8) is 0 Å². The largest absolute Gasteiger partial charge is 0.497 e. The maximum absolute atomic E-state index is 5.25. The molecule has 1 aliphatic carbocycles. The van der Waals surface area contributed by atoms with E-state index in [1.54, 1.807) is 12.7 Å². The van der Waals surface area contributed by atoms with Gasteiger partial charge in [-0.15, -0.1) is 0 Å². The third kappa shape index (κ3) is 2.36. The average Bonchev–Trinajstić information content (AvgIpc) is 2.68. The molecule has 0 aliphatic heterocycles. The van der Waals surface area contributed by atoms with Gasteiger partial charge in [0.15, 0.2) is 0 Å². The highest BCUT2D eigenvalue weighted by Crippen LogP contribution is 2.37. The summed E-state index contributed by atoms with van der Waals surface area (Å²) in [4.78, 5) is 0. The quantitative estimate of drug-likeness (QED) is 0.753. The molecule has 1 nitrogen and oxygen atoms in total. The Kier molecular flexibility index (Phi) is 3.68. The van der Waals surface area contributed by atoms with E-state index in [1.165, 1.54) is 31.2 Å². The van der Waals surface area contributed by atoms with Crippen molar-refractivity contribution >= 4 is 15.9 Å². The van der Waals surface area contributed by atoms with Crippen LogP contribution in [0.25, 0.3) is 0 Å². The Morgan fingerprint density at radius 3 is 3.07 bits per heavy atom. The molecule has 0 radical (unpaired) electrons. The second kappa shape index (κ2) is 5.02. The van der Waals surface area contributed by atoms with E-state index < -0.39 is 0 Å². The fourth-order valence-electron chi connectivity index (χ4n) is 2.43. The van der Waals surface area contributed by atoms with E-state index in [0.29, 0.717) is 0 Å². The van der Waals surface area contributed by atoms with Crippen LogP contribution in [-0.2, 0) is 6.42 Å². The Morgan fingerprint density at radius 1 is 1.47 bits per heavy atom. The van der Waals surface area contributed by atoms with Gasteiger partial charge in [0.1, 0.15) is 5.75 Å². The van der Waals surface area contributed by atoms with Crippen molar-refractivity contribution in [2.24, 2.45) is 0 Å². The van der Waals surface area contributed by atoms with Crippen molar-refractivity contribution in [3.8, 4) is 5.75 Å². The van der Waals surface area contributed by atoms with E-state index in [1.807, 2.05) is 0 Å². The molecule has 1 aliphatic rings. The fourth-order valence-corrected chi connectivity index (χ4v) is 2.76. The lowest BCUT2D eigenvalue weighted by Gasteiger charge is -2.10. The zero-order valence-electron chi connectivity index (χ0n) is 9.13. The number of methoxy groups -OCH3 is 1. The molecule has 1 atom stereocenters. The molecule has 0 N–H and O–H groups in total. The first-order chi connectivity index (χ1) is 7.35. The van der Waals surface area contributed by atoms with E-state index >= 15 is 0 Å². The molecule has 2 heteroatoms. The fraction of sp³-hybridized carbons (Fsp3) is 0.538. The van der Waals surface area contributed by atoms with Crippen LogP contribution >= 0.6 is 15.9 Å². The Balaban J connectivity index is 2.13. The van der Waals surface area contributed by atoms with Crippen molar-refractivity contribution in [2.45, 2.75) is 31.6 Å². The van der Waals surface area contributed by atoms with Gasteiger partial charge >= 0.3 is 0 Å². The minimum atomic E-state index is 0.781. The van der Waals surface area contributed by atoms with Gasteiger partial charge in [-0.1, -0.05) is 22.0 Å². The van der Waals surface area contributed by atoms with Crippen LogP contribution in [0.2, 0.25) is 0 Å². The zero-order chi connectivity index (χ0) is 10.7. The summed E-state index contributed by atoms with van der Waals surface area (Å²) in [6.45, 7) is 0. The Hall–Kier alpha value is -0.500. The number of hydrogen-bond acceptors (Lipinski definition) is 1. The number of fused-ring (bicyclic) bond motifs is 1. The van der Waals surface area contributed by atoms with Gasteiger partial charge in [0.25, 0.3) is 0 Å². The average molecular weight is 269 g/mol. The monoisotopic (exact) mass is 268 g/mol. The molecule has 15 heavy (non-hydrogen) atoms. The predicted octanol–water partition coefficient (Wildman–Crippen LogP) is 3.90. The second-order valence-electron chi connectivity index (χ2n) is 4.13. The number of aryl methyl sites for hydroxylation is 1. The van der Waals surface area contributed by atoms with Crippen LogP contribution in [0.4, 0.5) is 0 Å². The Bertz CT molecular complexity index is 335. The summed E-state index contributed by atoms with van der Waals surface area (Å²) in [6, 6.07) is 6.54. The second-order valence-corrected chi connectivity index (χ2v) is 4.92. The van der Waals surface area contributed by atoms with Crippen molar-refractivity contribution < 1.29 is 4.74 Å². The van der Waals surface area contributed by atoms with Gasteiger partial charge in [-0.3, -0.25) is 0 Å². The van der Waals surface area contributed by atoms with Gasteiger partial charge in [0.05, 0.1) is 7.11 Å². The van der Waals surface area contributed by atoms with Crippen molar-refractivity contribution in [3.05, 3.63) is 29.3 Å². The van der Waals surface area contributed by atoms with E-state index in [9.17, 15) is 0 Å². The van der Waals surface area contributed by atoms with Crippen LogP contribution in [0.5, 0.6) is 5.75 Å². The first kappa shape index (κ1) is 11.0. The van der Waals surface area contributed by atoms with Gasteiger partial charge in [0, 0.05) is 5.33 Å². The third-order valence-corrected chi connectivity index (χ3v) is 3.80. The number of rotatable bonds is 4. The number of alkyl halides is 1. The molecule has 0 amide bonds. The number of hydrogen-bond donors (Lipinski definition) is 0. The summed E-state index contributed by atoms with van der Waals surface area (Å²) in [7, 11) is 1.74. The van der Waals surface area contributed by atoms with Crippen LogP contribution in [0, 0.1) is 0 Å². The predicted molar refractivity (Wildman–Crippen MR) is 67.1 cm³/mol. The Labute approximate surface area is 100.0 Å². The van der Waals surface area contributed by atoms with Gasteiger partial charge in [-0.05, 0) is 54.9 Å². The summed E-state index contributed by atoms with van der Waals surface area (Å²) >= 11 is 3.50. The minimum absolute atomic E-state index is 0.781. The van der Waals surface area contributed by atoms with Crippen LogP contribution in [-0.4, -0.2) is 12.4 Å². The molecule has 0 fully saturated rings. The normalized spacial score (nSPS) is 18.9. The molecule has 0 unspecified atom stereocenters. The van der Waals surface area contributed by atoms with Gasteiger partial charge in [0.2, 0.25) is 0 Å². The SMILES string of the molecule is COc1ccc2c(c1)CC[C@H]2CCCBr. The summed E-state index contributed by atoms with van der Waals surface area (Å²) in [5, 5.41) is 1.12. The number of halogens is 1. The van der Waals surface area contributed by atoms with Crippen LogP contribution in [0.3, 0.4) is 0 Å². The van der Waals surface area contributed by atoms with Gasteiger partial charge in [-0.25, -0.2) is 0 Å². The highest BCUT2D eigenvalue weighted by atomic mass is 79.9. The molecule has 0 saturated carbocycles. The van der Waals surface area contributed by atoms with Gasteiger partial charge in [-0.2, -0.15) is 0 Å². The molecule has 0 spiro atoms. The summed E-state index contributed by atoms with van der Waals surface area (Å²) in [6.07, 6.45) is 5.12. The topological polar surface area (TPSA) is 9.23 Å². The van der Waals surface area contributed by atoms with Crippen LogP contribution in [0.1, 0.15) is 36.3 Å². The van der Waals surface area contributed by atoms with E-state index in [4.69, 9.17) is 4.74 Å². The van der Waals surface area contributed by atoms with E-state index in [0.717, 1.165) is 17.0 Å². The number of ether oxygens (including phenoxy) is 1.